The van der Waals surface area contributed by atoms with Gasteiger partial charge in [0.2, 0.25) is 0 Å². The van der Waals surface area contributed by atoms with Crippen molar-refractivity contribution in [3.05, 3.63) is 0 Å². The molecule has 2 fully saturated rings. The fraction of sp³-hybridized carbons (Fsp3) is 0.909. The minimum atomic E-state index is -0.279. The molecule has 2 rings (SSSR count). The van der Waals surface area contributed by atoms with E-state index in [1.807, 2.05) is 4.90 Å². The van der Waals surface area contributed by atoms with Gasteiger partial charge in [-0.2, -0.15) is 0 Å². The van der Waals surface area contributed by atoms with E-state index in [2.05, 4.69) is 20.8 Å². The summed E-state index contributed by atoms with van der Waals surface area (Å²) in [6, 6.07) is 0. The van der Waals surface area contributed by atoms with Crippen molar-refractivity contribution in [3.8, 4) is 0 Å². The lowest BCUT2D eigenvalue weighted by molar-refractivity contribution is 0.00447. The minimum Gasteiger partial charge on any atom is -0.328 e. The van der Waals surface area contributed by atoms with Crippen molar-refractivity contribution in [2.45, 2.75) is 33.6 Å². The van der Waals surface area contributed by atoms with Crippen LogP contribution in [0.2, 0.25) is 0 Å². The molecule has 3 heteroatoms. The van der Waals surface area contributed by atoms with Gasteiger partial charge < -0.3 is 4.90 Å². The molecular formula is C11H18ClNO. The quantitative estimate of drug-likeness (QED) is 0.449. The maximum atomic E-state index is 11.2. The summed E-state index contributed by atoms with van der Waals surface area (Å²) >= 11 is 5.56. The maximum Gasteiger partial charge on any atom is 0.316 e. The number of amides is 1. The van der Waals surface area contributed by atoms with E-state index in [0.717, 1.165) is 13.1 Å². The van der Waals surface area contributed by atoms with Crippen LogP contribution in [0.4, 0.5) is 4.79 Å². The third-order valence-electron chi connectivity index (χ3n) is 4.85. The van der Waals surface area contributed by atoms with Crippen LogP contribution in [0.1, 0.15) is 33.6 Å². The lowest BCUT2D eigenvalue weighted by Crippen LogP contribution is -2.52. The number of carbonyl (C=O) groups is 1. The molecule has 0 unspecified atom stereocenters. The molecule has 0 aromatic carbocycles. The van der Waals surface area contributed by atoms with E-state index in [1.54, 1.807) is 0 Å². The highest BCUT2D eigenvalue weighted by molar-refractivity contribution is 6.62. The summed E-state index contributed by atoms with van der Waals surface area (Å²) in [6.45, 7) is 8.64. The van der Waals surface area contributed by atoms with Gasteiger partial charge in [-0.25, -0.2) is 0 Å². The molecule has 1 aliphatic heterocycles. The molecule has 1 saturated heterocycles. The number of likely N-dealkylation sites (tertiary alicyclic amines) is 1. The topological polar surface area (TPSA) is 20.3 Å². The fourth-order valence-electron chi connectivity index (χ4n) is 3.16. The molecule has 1 saturated carbocycles. The maximum absolute atomic E-state index is 11.2. The van der Waals surface area contributed by atoms with Gasteiger partial charge in [-0.05, 0) is 41.2 Å². The SMILES string of the molecule is CC1(C)[C@@H]2CC[C@@]1(C)CN(C(=O)Cl)C2. The summed E-state index contributed by atoms with van der Waals surface area (Å²) in [7, 11) is 0. The molecule has 80 valence electrons. The zero-order valence-corrected chi connectivity index (χ0v) is 9.90. The highest BCUT2D eigenvalue weighted by Crippen LogP contribution is 2.58. The van der Waals surface area contributed by atoms with Gasteiger partial charge >= 0.3 is 5.37 Å². The third-order valence-corrected chi connectivity index (χ3v) is 5.09. The van der Waals surface area contributed by atoms with Gasteiger partial charge in [-0.15, -0.1) is 0 Å². The van der Waals surface area contributed by atoms with Crippen LogP contribution < -0.4 is 0 Å². The molecule has 0 spiro atoms. The Labute approximate surface area is 90.6 Å². The Kier molecular flexibility index (Phi) is 2.11. The van der Waals surface area contributed by atoms with Crippen LogP contribution in [0.3, 0.4) is 0 Å². The van der Waals surface area contributed by atoms with Gasteiger partial charge in [0.15, 0.2) is 0 Å². The van der Waals surface area contributed by atoms with E-state index >= 15 is 0 Å². The van der Waals surface area contributed by atoms with Crippen molar-refractivity contribution in [2.24, 2.45) is 16.7 Å². The average molecular weight is 216 g/mol. The molecule has 1 heterocycles. The van der Waals surface area contributed by atoms with Gasteiger partial charge in [-0.1, -0.05) is 20.8 Å². The molecular weight excluding hydrogens is 198 g/mol. The summed E-state index contributed by atoms with van der Waals surface area (Å²) in [6.07, 6.45) is 2.47. The van der Waals surface area contributed by atoms with Gasteiger partial charge in [0.25, 0.3) is 0 Å². The Hall–Kier alpha value is -0.240. The largest absolute Gasteiger partial charge is 0.328 e. The minimum absolute atomic E-state index is 0.264. The number of nitrogens with zero attached hydrogens (tertiary/aromatic N) is 1. The standard InChI is InChI=1S/C11H18ClNO/c1-10(2)8-4-5-11(10,3)7-13(6-8)9(12)14/h8H,4-7H2,1-3H3/t8-,11+/m1/s1. The van der Waals surface area contributed by atoms with Crippen LogP contribution in [-0.4, -0.2) is 23.4 Å². The van der Waals surface area contributed by atoms with E-state index in [1.165, 1.54) is 12.8 Å². The highest BCUT2D eigenvalue weighted by Gasteiger charge is 2.55. The lowest BCUT2D eigenvalue weighted by atomic mass is 9.63. The number of hydrogen-bond acceptors (Lipinski definition) is 1. The Morgan fingerprint density at radius 2 is 2.07 bits per heavy atom. The summed E-state index contributed by atoms with van der Waals surface area (Å²) in [4.78, 5) is 13.0. The summed E-state index contributed by atoms with van der Waals surface area (Å²) < 4.78 is 0. The molecule has 0 aromatic heterocycles. The van der Waals surface area contributed by atoms with E-state index in [4.69, 9.17) is 11.6 Å². The van der Waals surface area contributed by atoms with Gasteiger partial charge in [0.05, 0.1) is 0 Å². The van der Waals surface area contributed by atoms with Gasteiger partial charge in [0, 0.05) is 13.1 Å². The van der Waals surface area contributed by atoms with Gasteiger partial charge in [-0.3, -0.25) is 4.79 Å². The highest BCUT2D eigenvalue weighted by atomic mass is 35.5. The second-order valence-corrected chi connectivity index (χ2v) is 5.97. The fourth-order valence-corrected chi connectivity index (χ4v) is 3.29. The number of rotatable bonds is 0. The van der Waals surface area contributed by atoms with Crippen LogP contribution in [0.5, 0.6) is 0 Å². The number of hydrogen-bond donors (Lipinski definition) is 0. The van der Waals surface area contributed by atoms with Crippen molar-refractivity contribution >= 4 is 17.0 Å². The van der Waals surface area contributed by atoms with E-state index in [9.17, 15) is 4.79 Å². The van der Waals surface area contributed by atoms with Crippen LogP contribution in [-0.2, 0) is 0 Å². The Bertz CT molecular complexity index is 276. The average Bonchev–Trinajstić information content (AvgIpc) is 2.24. The van der Waals surface area contributed by atoms with Crippen LogP contribution in [0, 0.1) is 16.7 Å². The summed E-state index contributed by atoms with van der Waals surface area (Å²) in [5, 5.41) is -0.279. The first-order chi connectivity index (χ1) is 6.37. The number of halogens is 1. The molecule has 0 N–H and O–H groups in total. The molecule has 14 heavy (non-hydrogen) atoms. The Balaban J connectivity index is 2.27. The summed E-state index contributed by atoms with van der Waals surface area (Å²) in [5.74, 6) is 0.629. The van der Waals surface area contributed by atoms with E-state index < -0.39 is 0 Å². The lowest BCUT2D eigenvalue weighted by Gasteiger charge is -2.49. The van der Waals surface area contributed by atoms with Crippen molar-refractivity contribution in [3.63, 3.8) is 0 Å². The number of piperidine rings is 1. The van der Waals surface area contributed by atoms with Crippen molar-refractivity contribution in [1.29, 1.82) is 0 Å². The van der Waals surface area contributed by atoms with Crippen LogP contribution >= 0.6 is 11.6 Å². The van der Waals surface area contributed by atoms with Crippen LogP contribution in [0.15, 0.2) is 0 Å². The smallest absolute Gasteiger partial charge is 0.316 e. The molecule has 2 bridgehead atoms. The second-order valence-electron chi connectivity index (χ2n) is 5.65. The molecule has 0 aromatic rings. The van der Waals surface area contributed by atoms with Crippen molar-refractivity contribution < 1.29 is 4.79 Å². The zero-order chi connectivity index (χ0) is 10.6. The van der Waals surface area contributed by atoms with Crippen molar-refractivity contribution in [1.82, 2.24) is 4.90 Å². The first-order valence-electron chi connectivity index (χ1n) is 5.31. The van der Waals surface area contributed by atoms with Crippen molar-refractivity contribution in [2.75, 3.05) is 13.1 Å². The zero-order valence-electron chi connectivity index (χ0n) is 9.14. The van der Waals surface area contributed by atoms with E-state index in [-0.39, 0.29) is 10.8 Å². The number of carbonyl (C=O) groups excluding carboxylic acids is 1. The molecule has 2 aliphatic rings. The van der Waals surface area contributed by atoms with Crippen LogP contribution in [0.25, 0.3) is 0 Å². The molecule has 1 amide bonds. The number of fused-ring (bicyclic) bond motifs is 2. The van der Waals surface area contributed by atoms with E-state index in [0.29, 0.717) is 11.3 Å². The van der Waals surface area contributed by atoms with Gasteiger partial charge in [0.1, 0.15) is 0 Å². The molecule has 2 nitrogen and oxygen atoms in total. The molecule has 2 atom stereocenters. The Morgan fingerprint density at radius 3 is 2.57 bits per heavy atom. The Morgan fingerprint density at radius 1 is 1.43 bits per heavy atom. The predicted molar refractivity (Wildman–Crippen MR) is 57.4 cm³/mol. The normalized spacial score (nSPS) is 40.0. The monoisotopic (exact) mass is 215 g/mol. The molecule has 0 radical (unpaired) electrons. The first kappa shape index (κ1) is 10.3. The molecule has 1 aliphatic carbocycles. The first-order valence-corrected chi connectivity index (χ1v) is 5.69. The predicted octanol–water partition coefficient (Wildman–Crippen LogP) is 3.10. The third kappa shape index (κ3) is 1.19. The second kappa shape index (κ2) is 2.88. The summed E-state index contributed by atoms with van der Waals surface area (Å²) in [5.41, 5.74) is 0.621.